The van der Waals surface area contributed by atoms with Gasteiger partial charge in [0.15, 0.2) is 0 Å². The number of ketones is 1. The van der Waals surface area contributed by atoms with Gasteiger partial charge in [0.05, 0.1) is 22.5 Å². The minimum absolute atomic E-state index is 0.230. The lowest BCUT2D eigenvalue weighted by Gasteiger charge is -2.10. The van der Waals surface area contributed by atoms with Crippen LogP contribution in [0.15, 0.2) is 0 Å². The molecule has 76 valence electrons. The Kier molecular flexibility index (Phi) is 2.35. The van der Waals surface area contributed by atoms with Crippen molar-refractivity contribution in [3.63, 3.8) is 0 Å². The number of hydrogen-bond acceptors (Lipinski definition) is 2. The van der Waals surface area contributed by atoms with Gasteiger partial charge in [-0.25, -0.2) is 0 Å². The fourth-order valence-electron chi connectivity index (χ4n) is 2.00. The van der Waals surface area contributed by atoms with Crippen LogP contribution in [0.25, 0.3) is 0 Å². The summed E-state index contributed by atoms with van der Waals surface area (Å²) in [7, 11) is 0. The SMILES string of the molecule is Cc1nn(C2CCC(=O)C2)c(C)c1Cl. The fraction of sp³-hybridized carbons (Fsp3) is 0.600. The summed E-state index contributed by atoms with van der Waals surface area (Å²) >= 11 is 6.04. The van der Waals surface area contributed by atoms with Crippen molar-refractivity contribution in [1.82, 2.24) is 9.78 Å². The lowest BCUT2D eigenvalue weighted by molar-refractivity contribution is -0.117. The maximum absolute atomic E-state index is 11.2. The van der Waals surface area contributed by atoms with Crippen LogP contribution in [0.4, 0.5) is 0 Å². The molecule has 0 radical (unpaired) electrons. The Balaban J connectivity index is 2.32. The number of rotatable bonds is 1. The molecule has 0 spiro atoms. The Morgan fingerprint density at radius 3 is 2.64 bits per heavy atom. The van der Waals surface area contributed by atoms with E-state index < -0.39 is 0 Å². The summed E-state index contributed by atoms with van der Waals surface area (Å²) < 4.78 is 1.91. The van der Waals surface area contributed by atoms with Crippen molar-refractivity contribution in [2.75, 3.05) is 0 Å². The molecule has 0 N–H and O–H groups in total. The highest BCUT2D eigenvalue weighted by Crippen LogP contribution is 2.30. The largest absolute Gasteiger partial charge is 0.300 e. The number of carbonyl (C=O) groups is 1. The third kappa shape index (κ3) is 1.46. The fourth-order valence-corrected chi connectivity index (χ4v) is 2.13. The number of aryl methyl sites for hydroxylation is 1. The van der Waals surface area contributed by atoms with Crippen LogP contribution >= 0.6 is 11.6 Å². The summed E-state index contributed by atoms with van der Waals surface area (Å²) in [4.78, 5) is 11.2. The van der Waals surface area contributed by atoms with E-state index in [-0.39, 0.29) is 6.04 Å². The molecule has 0 saturated heterocycles. The third-order valence-corrected chi connectivity index (χ3v) is 3.35. The van der Waals surface area contributed by atoms with Crippen molar-refractivity contribution in [2.24, 2.45) is 0 Å². The predicted molar refractivity (Wildman–Crippen MR) is 54.6 cm³/mol. The molecule has 1 unspecified atom stereocenters. The van der Waals surface area contributed by atoms with E-state index in [9.17, 15) is 4.79 Å². The highest BCUT2D eigenvalue weighted by Gasteiger charge is 2.26. The monoisotopic (exact) mass is 212 g/mol. The average Bonchev–Trinajstić information content (AvgIpc) is 2.66. The van der Waals surface area contributed by atoms with E-state index >= 15 is 0 Å². The van der Waals surface area contributed by atoms with Gasteiger partial charge in [-0.1, -0.05) is 11.6 Å². The highest BCUT2D eigenvalue weighted by atomic mass is 35.5. The standard InChI is InChI=1S/C10H13ClN2O/c1-6-10(11)7(2)13(12-6)8-3-4-9(14)5-8/h8H,3-5H2,1-2H3. The van der Waals surface area contributed by atoms with Crippen LogP contribution in [0.2, 0.25) is 5.02 Å². The normalized spacial score (nSPS) is 21.9. The minimum Gasteiger partial charge on any atom is -0.300 e. The summed E-state index contributed by atoms with van der Waals surface area (Å²) in [6, 6.07) is 0.230. The van der Waals surface area contributed by atoms with Crippen LogP contribution in [0, 0.1) is 13.8 Å². The van der Waals surface area contributed by atoms with E-state index in [1.165, 1.54) is 0 Å². The van der Waals surface area contributed by atoms with E-state index in [1.807, 2.05) is 18.5 Å². The van der Waals surface area contributed by atoms with E-state index in [0.29, 0.717) is 18.6 Å². The second kappa shape index (κ2) is 3.39. The quantitative estimate of drug-likeness (QED) is 0.717. The van der Waals surface area contributed by atoms with Crippen LogP contribution < -0.4 is 0 Å². The number of halogens is 1. The molecule has 14 heavy (non-hydrogen) atoms. The molecule has 1 aromatic heterocycles. The molecule has 0 amide bonds. The second-order valence-corrected chi connectivity index (χ2v) is 4.24. The van der Waals surface area contributed by atoms with Crippen LogP contribution in [0.1, 0.15) is 36.7 Å². The average molecular weight is 213 g/mol. The van der Waals surface area contributed by atoms with E-state index in [0.717, 1.165) is 22.8 Å². The van der Waals surface area contributed by atoms with Gasteiger partial charge in [-0.15, -0.1) is 0 Å². The van der Waals surface area contributed by atoms with Crippen molar-refractivity contribution in [2.45, 2.75) is 39.2 Å². The van der Waals surface area contributed by atoms with Gasteiger partial charge in [0.25, 0.3) is 0 Å². The summed E-state index contributed by atoms with van der Waals surface area (Å²) in [5.74, 6) is 0.332. The van der Waals surface area contributed by atoms with E-state index in [4.69, 9.17) is 11.6 Å². The molecule has 1 aliphatic carbocycles. The maximum atomic E-state index is 11.2. The van der Waals surface area contributed by atoms with Gasteiger partial charge >= 0.3 is 0 Å². The van der Waals surface area contributed by atoms with Gasteiger partial charge in [0.1, 0.15) is 5.78 Å². The van der Waals surface area contributed by atoms with Gasteiger partial charge in [0, 0.05) is 12.8 Å². The molecular formula is C10H13ClN2O. The molecule has 1 heterocycles. The first-order chi connectivity index (χ1) is 6.59. The van der Waals surface area contributed by atoms with Crippen LogP contribution in [-0.2, 0) is 4.79 Å². The predicted octanol–water partition coefficient (Wildman–Crippen LogP) is 2.45. The smallest absolute Gasteiger partial charge is 0.135 e. The number of carbonyl (C=O) groups excluding carboxylic acids is 1. The molecule has 4 heteroatoms. The van der Waals surface area contributed by atoms with Crippen molar-refractivity contribution >= 4 is 17.4 Å². The Morgan fingerprint density at radius 1 is 1.50 bits per heavy atom. The molecule has 0 aliphatic heterocycles. The van der Waals surface area contributed by atoms with Crippen molar-refractivity contribution < 1.29 is 4.79 Å². The number of hydrogen-bond donors (Lipinski definition) is 0. The van der Waals surface area contributed by atoms with Crippen molar-refractivity contribution in [1.29, 1.82) is 0 Å². The Hall–Kier alpha value is -0.830. The van der Waals surface area contributed by atoms with Gasteiger partial charge < -0.3 is 0 Å². The molecular weight excluding hydrogens is 200 g/mol. The third-order valence-electron chi connectivity index (χ3n) is 2.80. The van der Waals surface area contributed by atoms with Crippen LogP contribution in [-0.4, -0.2) is 15.6 Å². The first kappa shape index (κ1) is 9.71. The molecule has 1 atom stereocenters. The van der Waals surface area contributed by atoms with E-state index in [1.54, 1.807) is 0 Å². The zero-order valence-electron chi connectivity index (χ0n) is 8.38. The molecule has 1 aromatic rings. The van der Waals surface area contributed by atoms with Crippen molar-refractivity contribution in [3.05, 3.63) is 16.4 Å². The van der Waals surface area contributed by atoms with Crippen LogP contribution in [0.5, 0.6) is 0 Å². The molecule has 0 bridgehead atoms. The number of nitrogens with zero attached hydrogens (tertiary/aromatic N) is 2. The summed E-state index contributed by atoms with van der Waals surface area (Å²) in [6.07, 6.45) is 2.19. The Labute approximate surface area is 88.1 Å². The maximum Gasteiger partial charge on any atom is 0.135 e. The molecule has 0 aromatic carbocycles. The molecule has 1 saturated carbocycles. The molecule has 1 fully saturated rings. The Morgan fingerprint density at radius 2 is 2.21 bits per heavy atom. The topological polar surface area (TPSA) is 34.9 Å². The van der Waals surface area contributed by atoms with Crippen LogP contribution in [0.3, 0.4) is 0 Å². The van der Waals surface area contributed by atoms with Gasteiger partial charge in [-0.3, -0.25) is 9.48 Å². The lowest BCUT2D eigenvalue weighted by Crippen LogP contribution is -2.09. The summed E-state index contributed by atoms with van der Waals surface area (Å²) in [5, 5.41) is 5.08. The van der Waals surface area contributed by atoms with Gasteiger partial charge in [-0.05, 0) is 20.3 Å². The zero-order valence-corrected chi connectivity index (χ0v) is 9.14. The second-order valence-electron chi connectivity index (χ2n) is 3.86. The summed E-state index contributed by atoms with van der Waals surface area (Å²) in [5.41, 5.74) is 1.83. The zero-order chi connectivity index (χ0) is 10.3. The van der Waals surface area contributed by atoms with Gasteiger partial charge in [0.2, 0.25) is 0 Å². The first-order valence-corrected chi connectivity index (χ1v) is 5.20. The first-order valence-electron chi connectivity index (χ1n) is 4.82. The molecule has 2 rings (SSSR count). The summed E-state index contributed by atoms with van der Waals surface area (Å²) in [6.45, 7) is 3.84. The molecule has 3 nitrogen and oxygen atoms in total. The molecule has 1 aliphatic rings. The lowest BCUT2D eigenvalue weighted by atomic mass is 10.2. The Bertz CT molecular complexity index is 384. The van der Waals surface area contributed by atoms with E-state index in [2.05, 4.69) is 5.10 Å². The number of aromatic nitrogens is 2. The minimum atomic E-state index is 0.230. The van der Waals surface area contributed by atoms with Gasteiger partial charge in [-0.2, -0.15) is 5.10 Å². The number of Topliss-reactive ketones (excluding diaryl/α,β-unsaturated/α-hetero) is 1. The highest BCUT2D eigenvalue weighted by molar-refractivity contribution is 6.31. The van der Waals surface area contributed by atoms with Crippen molar-refractivity contribution in [3.8, 4) is 0 Å².